The highest BCUT2D eigenvalue weighted by Gasteiger charge is 2.24. The van der Waals surface area contributed by atoms with Crippen LogP contribution in [0.15, 0.2) is 18.2 Å². The molecular formula is C20H28N2O2. The van der Waals surface area contributed by atoms with Crippen LogP contribution in [-0.4, -0.2) is 24.4 Å². The molecule has 2 amide bonds. The van der Waals surface area contributed by atoms with Gasteiger partial charge in [0, 0.05) is 12.5 Å². The first-order chi connectivity index (χ1) is 11.5. The minimum atomic E-state index is -0.0792. The van der Waals surface area contributed by atoms with Crippen LogP contribution in [0.2, 0.25) is 0 Å². The van der Waals surface area contributed by atoms with Crippen LogP contribution in [0.25, 0.3) is 0 Å². The summed E-state index contributed by atoms with van der Waals surface area (Å²) in [4.78, 5) is 24.0. The number of hydrogen-bond donors (Lipinski definition) is 2. The Balaban J connectivity index is 1.57. The monoisotopic (exact) mass is 328 g/mol. The summed E-state index contributed by atoms with van der Waals surface area (Å²) in [6.07, 6.45) is 6.13. The van der Waals surface area contributed by atoms with Crippen molar-refractivity contribution in [2.45, 2.75) is 64.3 Å². The molecule has 2 aliphatic rings. The Kier molecular flexibility index (Phi) is 5.22. The normalized spacial score (nSPS) is 17.5. The third-order valence-corrected chi connectivity index (χ3v) is 5.15. The van der Waals surface area contributed by atoms with Gasteiger partial charge in [0.15, 0.2) is 0 Å². The predicted octanol–water partition coefficient (Wildman–Crippen LogP) is 2.70. The van der Waals surface area contributed by atoms with Crippen molar-refractivity contribution in [3.63, 3.8) is 0 Å². The molecule has 1 unspecified atom stereocenters. The summed E-state index contributed by atoms with van der Waals surface area (Å²) in [5.41, 5.74) is 4.16. The third-order valence-electron chi connectivity index (χ3n) is 5.15. The van der Waals surface area contributed by atoms with E-state index in [1.807, 2.05) is 0 Å². The fourth-order valence-corrected chi connectivity index (χ4v) is 3.52. The molecule has 4 heteroatoms. The minimum Gasteiger partial charge on any atom is -0.352 e. The highest BCUT2D eigenvalue weighted by Crippen LogP contribution is 2.32. The number of carbonyl (C=O) groups excluding carboxylic acids is 2. The summed E-state index contributed by atoms with van der Waals surface area (Å²) in [5, 5.41) is 5.66. The highest BCUT2D eigenvalue weighted by atomic mass is 16.2. The SMILES string of the molecule is CC(C)C(CC(=O)NCC(=O)NC1CC1)c1ccc2c(c1)CCC2. The van der Waals surface area contributed by atoms with E-state index in [1.54, 1.807) is 0 Å². The van der Waals surface area contributed by atoms with Crippen molar-refractivity contribution < 1.29 is 9.59 Å². The standard InChI is InChI=1S/C20H28N2O2/c1-13(2)18(16-7-6-14-4-3-5-15(14)10-16)11-19(23)21-12-20(24)22-17-8-9-17/h6-7,10,13,17-18H,3-5,8-9,11-12H2,1-2H3,(H,21,23)(H,22,24). The van der Waals surface area contributed by atoms with Crippen LogP contribution >= 0.6 is 0 Å². The Morgan fingerprint density at radius 1 is 1.12 bits per heavy atom. The molecule has 0 aromatic heterocycles. The van der Waals surface area contributed by atoms with Crippen LogP contribution in [-0.2, 0) is 22.4 Å². The fraction of sp³-hybridized carbons (Fsp3) is 0.600. The number of nitrogens with one attached hydrogen (secondary N) is 2. The number of amides is 2. The van der Waals surface area contributed by atoms with Gasteiger partial charge in [-0.05, 0) is 60.6 Å². The van der Waals surface area contributed by atoms with Crippen molar-refractivity contribution in [1.29, 1.82) is 0 Å². The fourth-order valence-electron chi connectivity index (χ4n) is 3.52. The molecule has 0 aliphatic heterocycles. The minimum absolute atomic E-state index is 0.0415. The van der Waals surface area contributed by atoms with Crippen LogP contribution in [0.1, 0.15) is 62.1 Å². The zero-order chi connectivity index (χ0) is 17.1. The summed E-state index contributed by atoms with van der Waals surface area (Å²) in [6, 6.07) is 7.04. The molecule has 1 aromatic rings. The van der Waals surface area contributed by atoms with Crippen molar-refractivity contribution in [3.8, 4) is 0 Å². The lowest BCUT2D eigenvalue weighted by molar-refractivity contribution is -0.126. The van der Waals surface area contributed by atoms with Crippen molar-refractivity contribution in [3.05, 3.63) is 34.9 Å². The van der Waals surface area contributed by atoms with Gasteiger partial charge in [0.05, 0.1) is 6.54 Å². The molecule has 4 nitrogen and oxygen atoms in total. The lowest BCUT2D eigenvalue weighted by Crippen LogP contribution is -2.38. The molecule has 130 valence electrons. The van der Waals surface area contributed by atoms with Gasteiger partial charge in [-0.2, -0.15) is 0 Å². The molecule has 1 fully saturated rings. The molecule has 1 atom stereocenters. The van der Waals surface area contributed by atoms with Gasteiger partial charge in [-0.3, -0.25) is 9.59 Å². The smallest absolute Gasteiger partial charge is 0.239 e. The van der Waals surface area contributed by atoms with E-state index in [0.717, 1.165) is 19.3 Å². The average molecular weight is 328 g/mol. The van der Waals surface area contributed by atoms with E-state index >= 15 is 0 Å². The number of benzene rings is 1. The second-order valence-corrected chi connectivity index (χ2v) is 7.55. The van der Waals surface area contributed by atoms with Crippen molar-refractivity contribution in [2.75, 3.05) is 6.54 Å². The number of carbonyl (C=O) groups is 2. The average Bonchev–Trinajstić information content (AvgIpc) is 3.23. The number of rotatable bonds is 7. The molecule has 3 rings (SSSR count). The largest absolute Gasteiger partial charge is 0.352 e. The van der Waals surface area contributed by atoms with Crippen LogP contribution in [0.3, 0.4) is 0 Å². The molecule has 2 aliphatic carbocycles. The summed E-state index contributed by atoms with van der Waals surface area (Å²) >= 11 is 0. The number of fused-ring (bicyclic) bond motifs is 1. The molecule has 0 saturated heterocycles. The molecule has 0 spiro atoms. The molecule has 0 bridgehead atoms. The first kappa shape index (κ1) is 17.0. The first-order valence-corrected chi connectivity index (χ1v) is 9.20. The maximum Gasteiger partial charge on any atom is 0.239 e. The Morgan fingerprint density at radius 3 is 2.58 bits per heavy atom. The Hall–Kier alpha value is -1.84. The number of aryl methyl sites for hydroxylation is 2. The lowest BCUT2D eigenvalue weighted by atomic mass is 9.84. The van der Waals surface area contributed by atoms with Gasteiger partial charge in [-0.15, -0.1) is 0 Å². The van der Waals surface area contributed by atoms with Gasteiger partial charge in [0.1, 0.15) is 0 Å². The van der Waals surface area contributed by atoms with Gasteiger partial charge in [-0.1, -0.05) is 32.0 Å². The first-order valence-electron chi connectivity index (χ1n) is 9.20. The summed E-state index contributed by atoms with van der Waals surface area (Å²) in [5.74, 6) is 0.461. The van der Waals surface area contributed by atoms with Crippen molar-refractivity contribution >= 4 is 11.8 Å². The molecule has 1 aromatic carbocycles. The Labute approximate surface area is 144 Å². The second kappa shape index (κ2) is 7.37. The van der Waals surface area contributed by atoms with Gasteiger partial charge in [-0.25, -0.2) is 0 Å². The van der Waals surface area contributed by atoms with Gasteiger partial charge in [0.2, 0.25) is 11.8 Å². The van der Waals surface area contributed by atoms with E-state index in [1.165, 1.54) is 29.5 Å². The maximum atomic E-state index is 12.3. The van der Waals surface area contributed by atoms with Crippen LogP contribution < -0.4 is 10.6 Å². The van der Waals surface area contributed by atoms with E-state index in [9.17, 15) is 9.59 Å². The Morgan fingerprint density at radius 2 is 1.88 bits per heavy atom. The predicted molar refractivity (Wildman–Crippen MR) is 94.8 cm³/mol. The molecular weight excluding hydrogens is 300 g/mol. The summed E-state index contributed by atoms with van der Waals surface area (Å²) in [7, 11) is 0. The van der Waals surface area contributed by atoms with E-state index < -0.39 is 0 Å². The van der Waals surface area contributed by atoms with Gasteiger partial charge in [0.25, 0.3) is 0 Å². The van der Waals surface area contributed by atoms with Crippen LogP contribution in [0.4, 0.5) is 0 Å². The Bertz CT molecular complexity index is 620. The zero-order valence-corrected chi connectivity index (χ0v) is 14.7. The van der Waals surface area contributed by atoms with Crippen LogP contribution in [0, 0.1) is 5.92 Å². The van der Waals surface area contributed by atoms with Gasteiger partial charge < -0.3 is 10.6 Å². The molecule has 2 N–H and O–H groups in total. The second-order valence-electron chi connectivity index (χ2n) is 7.55. The molecule has 24 heavy (non-hydrogen) atoms. The molecule has 0 heterocycles. The van der Waals surface area contributed by atoms with Crippen molar-refractivity contribution in [2.24, 2.45) is 5.92 Å². The van der Waals surface area contributed by atoms with E-state index in [-0.39, 0.29) is 24.3 Å². The van der Waals surface area contributed by atoms with Gasteiger partial charge >= 0.3 is 0 Å². The molecule has 0 radical (unpaired) electrons. The highest BCUT2D eigenvalue weighted by molar-refractivity contribution is 5.85. The van der Waals surface area contributed by atoms with E-state index in [2.05, 4.69) is 42.7 Å². The maximum absolute atomic E-state index is 12.3. The summed E-state index contributed by atoms with van der Waals surface area (Å²) in [6.45, 7) is 4.40. The lowest BCUT2D eigenvalue weighted by Gasteiger charge is -2.22. The van der Waals surface area contributed by atoms with Crippen molar-refractivity contribution in [1.82, 2.24) is 10.6 Å². The van der Waals surface area contributed by atoms with E-state index in [4.69, 9.17) is 0 Å². The topological polar surface area (TPSA) is 58.2 Å². The quantitative estimate of drug-likeness (QED) is 0.808. The summed E-state index contributed by atoms with van der Waals surface area (Å²) < 4.78 is 0. The van der Waals surface area contributed by atoms with Crippen LogP contribution in [0.5, 0.6) is 0 Å². The van der Waals surface area contributed by atoms with E-state index in [0.29, 0.717) is 18.4 Å². The zero-order valence-electron chi connectivity index (χ0n) is 14.7. The molecule has 1 saturated carbocycles. The third kappa shape index (κ3) is 4.37. The number of hydrogen-bond acceptors (Lipinski definition) is 2.